The molecule has 3 heterocycles. The Labute approximate surface area is 182 Å². The first-order valence-electron chi connectivity index (χ1n) is 11.0. The molecule has 1 fully saturated rings. The highest BCUT2D eigenvalue weighted by Gasteiger charge is 2.45. The fourth-order valence-electron chi connectivity index (χ4n) is 4.57. The first kappa shape index (κ1) is 21.4. The predicted molar refractivity (Wildman–Crippen MR) is 115 cm³/mol. The Hall–Kier alpha value is -2.87. The minimum atomic E-state index is -0.647. The van der Waals surface area contributed by atoms with Crippen LogP contribution in [0.4, 0.5) is 4.79 Å². The van der Waals surface area contributed by atoms with E-state index in [1.807, 2.05) is 38.1 Å². The normalized spacial score (nSPS) is 24.4. The highest BCUT2D eigenvalue weighted by Crippen LogP contribution is 2.37. The SMILES string of the molecule is CCN1C(=O)NC(c2cccc(C)c2)C2=C1CN(C(C)C(=O)NCC1CCCO1)C2=O. The van der Waals surface area contributed by atoms with Gasteiger partial charge in [0.1, 0.15) is 6.04 Å². The molecule has 166 valence electrons. The zero-order valence-corrected chi connectivity index (χ0v) is 18.3. The molecule has 0 bridgehead atoms. The number of nitrogens with one attached hydrogen (secondary N) is 2. The Morgan fingerprint density at radius 2 is 2.16 bits per heavy atom. The third-order valence-electron chi connectivity index (χ3n) is 6.32. The fourth-order valence-corrected chi connectivity index (χ4v) is 4.57. The van der Waals surface area contributed by atoms with Crippen molar-refractivity contribution in [1.82, 2.24) is 20.4 Å². The lowest BCUT2D eigenvalue weighted by molar-refractivity contribution is -0.136. The lowest BCUT2D eigenvalue weighted by Crippen LogP contribution is -2.48. The number of rotatable bonds is 6. The molecule has 4 rings (SSSR count). The molecular formula is C23H30N4O4. The van der Waals surface area contributed by atoms with Gasteiger partial charge in [-0.2, -0.15) is 0 Å². The van der Waals surface area contributed by atoms with Crippen molar-refractivity contribution in [2.45, 2.75) is 51.8 Å². The average molecular weight is 427 g/mol. The zero-order valence-electron chi connectivity index (χ0n) is 18.3. The summed E-state index contributed by atoms with van der Waals surface area (Å²) in [6.45, 7) is 7.45. The van der Waals surface area contributed by atoms with Crippen LogP contribution >= 0.6 is 0 Å². The van der Waals surface area contributed by atoms with Gasteiger partial charge in [-0.3, -0.25) is 14.5 Å². The third-order valence-corrected chi connectivity index (χ3v) is 6.32. The predicted octanol–water partition coefficient (Wildman–Crippen LogP) is 1.86. The molecule has 31 heavy (non-hydrogen) atoms. The van der Waals surface area contributed by atoms with Crippen LogP contribution in [0.3, 0.4) is 0 Å². The molecule has 8 nitrogen and oxygen atoms in total. The number of likely N-dealkylation sites (N-methyl/N-ethyl adjacent to an activating group) is 1. The summed E-state index contributed by atoms with van der Waals surface area (Å²) in [6, 6.07) is 6.39. The van der Waals surface area contributed by atoms with Crippen LogP contribution in [-0.2, 0) is 14.3 Å². The van der Waals surface area contributed by atoms with Gasteiger partial charge in [0, 0.05) is 19.7 Å². The van der Waals surface area contributed by atoms with E-state index >= 15 is 0 Å². The summed E-state index contributed by atoms with van der Waals surface area (Å²) < 4.78 is 5.56. The van der Waals surface area contributed by atoms with E-state index in [1.165, 1.54) is 0 Å². The van der Waals surface area contributed by atoms with Crippen LogP contribution in [0.15, 0.2) is 35.5 Å². The molecule has 3 unspecified atom stereocenters. The first-order valence-corrected chi connectivity index (χ1v) is 11.0. The van der Waals surface area contributed by atoms with E-state index in [4.69, 9.17) is 4.74 Å². The maximum absolute atomic E-state index is 13.5. The smallest absolute Gasteiger partial charge is 0.322 e. The van der Waals surface area contributed by atoms with Crippen LogP contribution in [0.5, 0.6) is 0 Å². The van der Waals surface area contributed by atoms with Crippen LogP contribution in [0.2, 0.25) is 0 Å². The lowest BCUT2D eigenvalue weighted by atomic mass is 9.94. The highest BCUT2D eigenvalue weighted by molar-refractivity contribution is 6.03. The van der Waals surface area contributed by atoms with E-state index < -0.39 is 12.1 Å². The summed E-state index contributed by atoms with van der Waals surface area (Å²) in [4.78, 5) is 42.2. The molecule has 0 radical (unpaired) electrons. The standard InChI is InChI=1S/C23H30N4O4/c1-4-26-18-13-27(15(3)21(28)24-12-17-9-6-10-31-17)22(29)19(18)20(25-23(26)30)16-8-5-7-14(2)11-16/h5,7-8,11,15,17,20H,4,6,9-10,12-13H2,1-3H3,(H,24,28)(H,25,30). The van der Waals surface area contributed by atoms with Gasteiger partial charge >= 0.3 is 6.03 Å². The summed E-state index contributed by atoms with van der Waals surface area (Å²) in [6.07, 6.45) is 1.98. The molecule has 1 saturated heterocycles. The molecule has 0 spiro atoms. The molecular weight excluding hydrogens is 396 g/mol. The van der Waals surface area contributed by atoms with E-state index in [2.05, 4.69) is 10.6 Å². The maximum atomic E-state index is 13.5. The van der Waals surface area contributed by atoms with Crippen LogP contribution in [-0.4, -0.2) is 66.0 Å². The summed E-state index contributed by atoms with van der Waals surface area (Å²) >= 11 is 0. The lowest BCUT2D eigenvalue weighted by Gasteiger charge is -2.33. The van der Waals surface area contributed by atoms with E-state index in [9.17, 15) is 14.4 Å². The number of carbonyl (C=O) groups excluding carboxylic acids is 3. The van der Waals surface area contributed by atoms with Gasteiger partial charge in [-0.05, 0) is 39.2 Å². The Bertz CT molecular complexity index is 922. The molecule has 3 atom stereocenters. The van der Waals surface area contributed by atoms with E-state index in [0.717, 1.165) is 30.6 Å². The number of benzene rings is 1. The highest BCUT2D eigenvalue weighted by atomic mass is 16.5. The van der Waals surface area contributed by atoms with Crippen molar-refractivity contribution < 1.29 is 19.1 Å². The number of amides is 4. The quantitative estimate of drug-likeness (QED) is 0.727. The Morgan fingerprint density at radius 1 is 1.35 bits per heavy atom. The minimum absolute atomic E-state index is 0.0415. The van der Waals surface area contributed by atoms with Gasteiger partial charge in [-0.25, -0.2) is 4.79 Å². The Morgan fingerprint density at radius 3 is 2.84 bits per heavy atom. The summed E-state index contributed by atoms with van der Waals surface area (Å²) in [5.41, 5.74) is 3.14. The molecule has 3 aliphatic heterocycles. The molecule has 0 aromatic heterocycles. The van der Waals surface area contributed by atoms with E-state index in [-0.39, 0.29) is 30.5 Å². The minimum Gasteiger partial charge on any atom is -0.376 e. The van der Waals surface area contributed by atoms with Crippen molar-refractivity contribution in [1.29, 1.82) is 0 Å². The van der Waals surface area contributed by atoms with Gasteiger partial charge in [0.2, 0.25) is 5.91 Å². The van der Waals surface area contributed by atoms with Crippen molar-refractivity contribution in [3.8, 4) is 0 Å². The van der Waals surface area contributed by atoms with Gasteiger partial charge in [0.15, 0.2) is 0 Å². The number of nitrogens with zero attached hydrogens (tertiary/aromatic N) is 2. The number of ether oxygens (including phenoxy) is 1. The van der Waals surface area contributed by atoms with Crippen molar-refractivity contribution in [3.63, 3.8) is 0 Å². The van der Waals surface area contributed by atoms with Crippen molar-refractivity contribution in [2.75, 3.05) is 26.2 Å². The second-order valence-corrected chi connectivity index (χ2v) is 8.39. The van der Waals surface area contributed by atoms with Crippen molar-refractivity contribution in [3.05, 3.63) is 46.7 Å². The largest absolute Gasteiger partial charge is 0.376 e. The zero-order chi connectivity index (χ0) is 22.1. The van der Waals surface area contributed by atoms with Crippen LogP contribution < -0.4 is 10.6 Å². The molecule has 1 aromatic rings. The number of urea groups is 1. The summed E-state index contributed by atoms with van der Waals surface area (Å²) in [7, 11) is 0. The number of hydrogen-bond donors (Lipinski definition) is 2. The molecule has 0 aliphatic carbocycles. The Balaban J connectivity index is 1.56. The van der Waals surface area contributed by atoms with E-state index in [1.54, 1.807) is 16.7 Å². The fraction of sp³-hybridized carbons (Fsp3) is 0.522. The van der Waals surface area contributed by atoms with Crippen molar-refractivity contribution >= 4 is 17.8 Å². The monoisotopic (exact) mass is 426 g/mol. The topological polar surface area (TPSA) is 91.0 Å². The number of aryl methyl sites for hydroxylation is 1. The molecule has 8 heteroatoms. The van der Waals surface area contributed by atoms with Gasteiger partial charge in [0.25, 0.3) is 5.91 Å². The molecule has 0 saturated carbocycles. The van der Waals surface area contributed by atoms with Crippen molar-refractivity contribution in [2.24, 2.45) is 0 Å². The Kier molecular flexibility index (Phi) is 6.00. The average Bonchev–Trinajstić information content (AvgIpc) is 3.39. The van der Waals surface area contributed by atoms with Gasteiger partial charge in [-0.1, -0.05) is 29.8 Å². The third kappa shape index (κ3) is 4.04. The molecule has 2 N–H and O–H groups in total. The van der Waals surface area contributed by atoms with Crippen LogP contribution in [0, 0.1) is 6.92 Å². The van der Waals surface area contributed by atoms with Gasteiger partial charge in [-0.15, -0.1) is 0 Å². The summed E-state index contributed by atoms with van der Waals surface area (Å²) in [5, 5.41) is 5.89. The second kappa shape index (κ2) is 8.70. The molecule has 1 aromatic carbocycles. The van der Waals surface area contributed by atoms with Crippen LogP contribution in [0.1, 0.15) is 43.9 Å². The van der Waals surface area contributed by atoms with Gasteiger partial charge < -0.3 is 20.3 Å². The number of hydrogen-bond acceptors (Lipinski definition) is 4. The van der Waals surface area contributed by atoms with Crippen LogP contribution in [0.25, 0.3) is 0 Å². The second-order valence-electron chi connectivity index (χ2n) is 8.39. The first-order chi connectivity index (χ1) is 14.9. The maximum Gasteiger partial charge on any atom is 0.322 e. The van der Waals surface area contributed by atoms with Gasteiger partial charge in [0.05, 0.1) is 30.0 Å². The summed E-state index contributed by atoms with van der Waals surface area (Å²) in [5.74, 6) is -0.419. The van der Waals surface area contributed by atoms with E-state index in [0.29, 0.717) is 24.4 Å². The molecule has 4 amide bonds. The molecule has 3 aliphatic rings. The number of carbonyl (C=O) groups is 3.